The second-order valence-electron chi connectivity index (χ2n) is 2.94. The van der Waals surface area contributed by atoms with E-state index in [0.29, 0.717) is 0 Å². The molecule has 0 heterocycles. The highest BCUT2D eigenvalue weighted by atomic mass is 16.3. The van der Waals surface area contributed by atoms with Gasteiger partial charge in [-0.05, 0) is 26.2 Å². The molecule has 0 saturated heterocycles. The van der Waals surface area contributed by atoms with Crippen LogP contribution in [0.15, 0.2) is 0 Å². The van der Waals surface area contributed by atoms with E-state index in [-0.39, 0.29) is 6.10 Å². The third-order valence-corrected chi connectivity index (χ3v) is 2.16. The van der Waals surface area contributed by atoms with Crippen LogP contribution >= 0.6 is 0 Å². The van der Waals surface area contributed by atoms with Gasteiger partial charge in [-0.15, -0.1) is 0 Å². The first-order valence-electron chi connectivity index (χ1n) is 3.28. The summed E-state index contributed by atoms with van der Waals surface area (Å²) in [5.74, 6) is 0. The Kier molecular flexibility index (Phi) is 1.46. The lowest BCUT2D eigenvalue weighted by Gasteiger charge is -2.17. The van der Waals surface area contributed by atoms with Gasteiger partial charge >= 0.3 is 0 Å². The molecule has 0 aromatic heterocycles. The number of hydrogen-bond donors (Lipinski definition) is 1. The fraction of sp³-hybridized carbons (Fsp3) is 0.857. The summed E-state index contributed by atoms with van der Waals surface area (Å²) in [6.45, 7) is 1.82. The first kappa shape index (κ1) is 6.57. The average Bonchev–Trinajstić information content (AvgIpc) is 2.15. The lowest BCUT2D eigenvalue weighted by molar-refractivity contribution is 0.103. The van der Waals surface area contributed by atoms with Gasteiger partial charge in [0.2, 0.25) is 0 Å². The summed E-state index contributed by atoms with van der Waals surface area (Å²) < 4.78 is 0. The Balaban J connectivity index is 2.70. The molecule has 0 aliphatic heterocycles. The van der Waals surface area contributed by atoms with Crippen LogP contribution in [0.25, 0.3) is 0 Å². The number of nitrogens with zero attached hydrogens (tertiary/aromatic N) is 1. The van der Waals surface area contributed by atoms with Crippen molar-refractivity contribution in [3.05, 3.63) is 0 Å². The standard InChI is InChI=1S/C7H11NO/c1-7(5-8)4-2-3-6(7)9/h6,9H,2-4H2,1H3/t6-,7+/m0/s1. The van der Waals surface area contributed by atoms with Crippen molar-refractivity contribution in [3.8, 4) is 6.07 Å². The van der Waals surface area contributed by atoms with Gasteiger partial charge in [0.05, 0.1) is 17.6 Å². The van der Waals surface area contributed by atoms with Crippen LogP contribution in [0.3, 0.4) is 0 Å². The highest BCUT2D eigenvalue weighted by Crippen LogP contribution is 2.36. The molecule has 1 aliphatic carbocycles. The topological polar surface area (TPSA) is 44.0 Å². The van der Waals surface area contributed by atoms with Gasteiger partial charge in [0, 0.05) is 0 Å². The van der Waals surface area contributed by atoms with E-state index in [1.807, 2.05) is 6.92 Å². The Labute approximate surface area is 55.1 Å². The van der Waals surface area contributed by atoms with E-state index in [0.717, 1.165) is 19.3 Å². The molecular weight excluding hydrogens is 114 g/mol. The van der Waals surface area contributed by atoms with Crippen molar-refractivity contribution in [2.75, 3.05) is 0 Å². The highest BCUT2D eigenvalue weighted by molar-refractivity contribution is 5.03. The van der Waals surface area contributed by atoms with Crippen molar-refractivity contribution in [2.24, 2.45) is 5.41 Å². The Morgan fingerprint density at radius 2 is 2.44 bits per heavy atom. The zero-order valence-corrected chi connectivity index (χ0v) is 5.59. The second kappa shape index (κ2) is 2.00. The average molecular weight is 125 g/mol. The van der Waals surface area contributed by atoms with E-state index in [2.05, 4.69) is 6.07 Å². The van der Waals surface area contributed by atoms with Gasteiger partial charge in [0.25, 0.3) is 0 Å². The molecule has 0 radical (unpaired) electrons. The summed E-state index contributed by atoms with van der Waals surface area (Å²) in [5, 5.41) is 17.8. The Hall–Kier alpha value is -0.550. The molecule has 50 valence electrons. The minimum atomic E-state index is -0.444. The molecule has 0 aromatic carbocycles. The molecule has 0 spiro atoms. The van der Waals surface area contributed by atoms with Crippen molar-refractivity contribution in [1.29, 1.82) is 5.26 Å². The molecule has 1 saturated carbocycles. The Morgan fingerprint density at radius 3 is 2.67 bits per heavy atom. The zero-order chi connectivity index (χ0) is 6.91. The molecule has 2 nitrogen and oxygen atoms in total. The van der Waals surface area contributed by atoms with E-state index in [1.54, 1.807) is 0 Å². The minimum absolute atomic E-state index is 0.387. The van der Waals surface area contributed by atoms with Crippen molar-refractivity contribution >= 4 is 0 Å². The molecule has 0 amide bonds. The van der Waals surface area contributed by atoms with Gasteiger partial charge in [-0.2, -0.15) is 5.26 Å². The number of rotatable bonds is 0. The lowest BCUT2D eigenvalue weighted by atomic mass is 9.89. The van der Waals surface area contributed by atoms with Gasteiger partial charge in [0.1, 0.15) is 0 Å². The van der Waals surface area contributed by atoms with Crippen molar-refractivity contribution < 1.29 is 5.11 Å². The van der Waals surface area contributed by atoms with Crippen LogP contribution in [-0.2, 0) is 0 Å². The van der Waals surface area contributed by atoms with E-state index in [4.69, 9.17) is 5.26 Å². The summed E-state index contributed by atoms with van der Waals surface area (Å²) in [7, 11) is 0. The normalized spacial score (nSPS) is 42.6. The summed E-state index contributed by atoms with van der Waals surface area (Å²) in [6, 6.07) is 2.14. The van der Waals surface area contributed by atoms with Crippen LogP contribution in [0.2, 0.25) is 0 Å². The van der Waals surface area contributed by atoms with Crippen LogP contribution in [0.5, 0.6) is 0 Å². The van der Waals surface area contributed by atoms with E-state index in [1.165, 1.54) is 0 Å². The Bertz CT molecular complexity index is 149. The third kappa shape index (κ3) is 0.927. The first-order valence-corrected chi connectivity index (χ1v) is 3.28. The van der Waals surface area contributed by atoms with Gasteiger partial charge in [-0.1, -0.05) is 0 Å². The summed E-state index contributed by atoms with van der Waals surface area (Å²) in [6.07, 6.45) is 2.25. The molecule has 2 heteroatoms. The maximum atomic E-state index is 9.23. The number of aliphatic hydroxyl groups excluding tert-OH is 1. The minimum Gasteiger partial charge on any atom is -0.391 e. The highest BCUT2D eigenvalue weighted by Gasteiger charge is 2.37. The number of aliphatic hydroxyl groups is 1. The van der Waals surface area contributed by atoms with Crippen LogP contribution in [-0.4, -0.2) is 11.2 Å². The largest absolute Gasteiger partial charge is 0.391 e. The van der Waals surface area contributed by atoms with Crippen molar-refractivity contribution in [1.82, 2.24) is 0 Å². The molecule has 0 bridgehead atoms. The molecule has 2 atom stereocenters. The Morgan fingerprint density at radius 1 is 1.78 bits per heavy atom. The predicted molar refractivity (Wildman–Crippen MR) is 33.6 cm³/mol. The smallest absolute Gasteiger partial charge is 0.0804 e. The lowest BCUT2D eigenvalue weighted by Crippen LogP contribution is -2.23. The molecular formula is C7H11NO. The van der Waals surface area contributed by atoms with E-state index in [9.17, 15) is 5.11 Å². The summed E-state index contributed by atoms with van der Waals surface area (Å²) >= 11 is 0. The maximum Gasteiger partial charge on any atom is 0.0804 e. The molecule has 1 rings (SSSR count). The van der Waals surface area contributed by atoms with Gasteiger partial charge in [-0.3, -0.25) is 0 Å². The van der Waals surface area contributed by atoms with Crippen molar-refractivity contribution in [2.45, 2.75) is 32.3 Å². The van der Waals surface area contributed by atoms with E-state index < -0.39 is 5.41 Å². The van der Waals surface area contributed by atoms with Crippen molar-refractivity contribution in [3.63, 3.8) is 0 Å². The maximum absolute atomic E-state index is 9.23. The monoisotopic (exact) mass is 125 g/mol. The van der Waals surface area contributed by atoms with Crippen LogP contribution in [0.4, 0.5) is 0 Å². The van der Waals surface area contributed by atoms with Gasteiger partial charge in [0.15, 0.2) is 0 Å². The molecule has 0 aromatic rings. The van der Waals surface area contributed by atoms with Gasteiger partial charge < -0.3 is 5.11 Å². The number of nitriles is 1. The SMILES string of the molecule is C[C@]1(C#N)CCC[C@@H]1O. The molecule has 0 unspecified atom stereocenters. The molecule has 9 heavy (non-hydrogen) atoms. The fourth-order valence-corrected chi connectivity index (χ4v) is 1.28. The predicted octanol–water partition coefficient (Wildman–Crippen LogP) is 1.06. The van der Waals surface area contributed by atoms with Gasteiger partial charge in [-0.25, -0.2) is 0 Å². The molecule has 1 fully saturated rings. The molecule has 1 N–H and O–H groups in total. The van der Waals surface area contributed by atoms with E-state index >= 15 is 0 Å². The van der Waals surface area contributed by atoms with Crippen LogP contribution < -0.4 is 0 Å². The third-order valence-electron chi connectivity index (χ3n) is 2.16. The molecule has 1 aliphatic rings. The number of hydrogen-bond acceptors (Lipinski definition) is 2. The fourth-order valence-electron chi connectivity index (χ4n) is 1.28. The first-order chi connectivity index (χ1) is 4.19. The second-order valence-corrected chi connectivity index (χ2v) is 2.94. The van der Waals surface area contributed by atoms with Crippen LogP contribution in [0, 0.1) is 16.7 Å². The zero-order valence-electron chi connectivity index (χ0n) is 5.59. The summed E-state index contributed by atoms with van der Waals surface area (Å²) in [4.78, 5) is 0. The summed E-state index contributed by atoms with van der Waals surface area (Å²) in [5.41, 5.74) is -0.444. The quantitative estimate of drug-likeness (QED) is 0.526. The van der Waals surface area contributed by atoms with Crippen LogP contribution in [0.1, 0.15) is 26.2 Å².